The van der Waals surface area contributed by atoms with Gasteiger partial charge in [0.1, 0.15) is 17.6 Å². The Labute approximate surface area is 213 Å². The van der Waals surface area contributed by atoms with E-state index in [4.69, 9.17) is 4.74 Å². The van der Waals surface area contributed by atoms with Crippen LogP contribution in [-0.4, -0.2) is 57.6 Å². The molecule has 10 heteroatoms. The smallest absolute Gasteiger partial charge is 0.242 e. The zero-order chi connectivity index (χ0) is 26.9. The number of hydrogen-bond donors (Lipinski definition) is 1. The fraction of sp³-hybridized carbons (Fsp3) is 0.462. The molecule has 2 aromatic rings. The van der Waals surface area contributed by atoms with E-state index in [1.807, 2.05) is 13.8 Å². The van der Waals surface area contributed by atoms with Crippen molar-refractivity contribution in [2.75, 3.05) is 30.8 Å². The van der Waals surface area contributed by atoms with E-state index in [1.54, 1.807) is 43.3 Å². The summed E-state index contributed by atoms with van der Waals surface area (Å²) >= 11 is 0. The van der Waals surface area contributed by atoms with Gasteiger partial charge in [-0.1, -0.05) is 38.1 Å². The fourth-order valence-electron chi connectivity index (χ4n) is 3.64. The quantitative estimate of drug-likeness (QED) is 0.435. The van der Waals surface area contributed by atoms with Gasteiger partial charge >= 0.3 is 0 Å². The highest BCUT2D eigenvalue weighted by atomic mass is 32.2. The summed E-state index contributed by atoms with van der Waals surface area (Å²) in [5, 5.41) is 2.85. The predicted molar refractivity (Wildman–Crippen MR) is 139 cm³/mol. The van der Waals surface area contributed by atoms with Crippen LogP contribution < -0.4 is 14.4 Å². The third-order valence-corrected chi connectivity index (χ3v) is 6.80. The lowest BCUT2D eigenvalue weighted by Crippen LogP contribution is -2.48. The van der Waals surface area contributed by atoms with E-state index in [9.17, 15) is 22.4 Å². The van der Waals surface area contributed by atoms with Gasteiger partial charge in [0.2, 0.25) is 21.8 Å². The van der Waals surface area contributed by atoms with Crippen LogP contribution in [0.5, 0.6) is 5.75 Å². The summed E-state index contributed by atoms with van der Waals surface area (Å²) in [4.78, 5) is 27.5. The highest BCUT2D eigenvalue weighted by Gasteiger charge is 2.27. The van der Waals surface area contributed by atoms with Crippen molar-refractivity contribution in [3.8, 4) is 5.75 Å². The maximum absolute atomic E-state index is 13.4. The summed E-state index contributed by atoms with van der Waals surface area (Å²) in [6.45, 7) is 6.25. The van der Waals surface area contributed by atoms with Crippen LogP contribution in [0.15, 0.2) is 48.5 Å². The normalized spacial score (nSPS) is 12.2. The zero-order valence-electron chi connectivity index (χ0n) is 21.5. The van der Waals surface area contributed by atoms with Crippen molar-refractivity contribution in [3.63, 3.8) is 0 Å². The Morgan fingerprint density at radius 3 is 2.28 bits per heavy atom. The van der Waals surface area contributed by atoms with Crippen LogP contribution in [0.4, 0.5) is 10.1 Å². The number of rotatable bonds is 13. The van der Waals surface area contributed by atoms with Crippen molar-refractivity contribution < 1.29 is 27.1 Å². The molecule has 0 heterocycles. The number of carbonyl (C=O) groups excluding carboxylic acids is 2. The second-order valence-electron chi connectivity index (χ2n) is 9.07. The number of benzene rings is 2. The lowest BCUT2D eigenvalue weighted by Gasteiger charge is -2.30. The monoisotopic (exact) mass is 521 g/mol. The molecule has 0 aliphatic heterocycles. The maximum atomic E-state index is 13.4. The van der Waals surface area contributed by atoms with Crippen LogP contribution in [-0.2, 0) is 26.2 Å². The minimum absolute atomic E-state index is 0.0180. The molecular formula is C26H36FN3O5S. The number of ether oxygens (including phenoxy) is 1. The predicted octanol–water partition coefficient (Wildman–Crippen LogP) is 3.57. The number of hydrogen-bond acceptors (Lipinski definition) is 5. The number of methoxy groups -OCH3 is 1. The van der Waals surface area contributed by atoms with Gasteiger partial charge in [-0.2, -0.15) is 0 Å². The molecule has 0 aromatic heterocycles. The first-order valence-corrected chi connectivity index (χ1v) is 13.7. The van der Waals surface area contributed by atoms with Crippen molar-refractivity contribution >= 4 is 27.5 Å². The molecule has 1 N–H and O–H groups in total. The third-order valence-electron chi connectivity index (χ3n) is 5.62. The minimum atomic E-state index is -3.64. The van der Waals surface area contributed by atoms with E-state index in [2.05, 4.69) is 5.32 Å². The molecule has 1 atom stereocenters. The average Bonchev–Trinajstić information content (AvgIpc) is 2.83. The Balaban J connectivity index is 2.18. The number of nitrogens with zero attached hydrogens (tertiary/aromatic N) is 2. The summed E-state index contributed by atoms with van der Waals surface area (Å²) in [7, 11) is -2.18. The zero-order valence-corrected chi connectivity index (χ0v) is 22.3. The number of carbonyl (C=O) groups is 2. The maximum Gasteiger partial charge on any atom is 0.242 e. The fourth-order valence-corrected chi connectivity index (χ4v) is 4.61. The Hall–Kier alpha value is -3.14. The van der Waals surface area contributed by atoms with E-state index in [0.29, 0.717) is 23.5 Å². The van der Waals surface area contributed by atoms with Crippen LogP contribution >= 0.6 is 0 Å². The average molecular weight is 522 g/mol. The Bertz CT molecular complexity index is 1120. The van der Waals surface area contributed by atoms with Gasteiger partial charge in [0.25, 0.3) is 0 Å². The van der Waals surface area contributed by atoms with Crippen LogP contribution in [0.25, 0.3) is 0 Å². The van der Waals surface area contributed by atoms with Gasteiger partial charge in [-0.15, -0.1) is 0 Å². The lowest BCUT2D eigenvalue weighted by molar-refractivity contribution is -0.140. The largest absolute Gasteiger partial charge is 0.495 e. The van der Waals surface area contributed by atoms with Crippen LogP contribution in [0.3, 0.4) is 0 Å². The molecule has 0 aliphatic carbocycles. The SMILES string of the molecule is COc1ccccc1N(CCCC(=O)N(Cc1ccc(F)cc1)[C@@H](C)C(=O)NCC(C)C)S(C)(=O)=O. The number of anilines is 1. The van der Waals surface area contributed by atoms with Gasteiger partial charge in [-0.3, -0.25) is 13.9 Å². The highest BCUT2D eigenvalue weighted by molar-refractivity contribution is 7.92. The summed E-state index contributed by atoms with van der Waals surface area (Å²) in [5.74, 6) is -0.329. The third kappa shape index (κ3) is 8.51. The summed E-state index contributed by atoms with van der Waals surface area (Å²) in [6, 6.07) is 11.8. The Morgan fingerprint density at radius 2 is 1.69 bits per heavy atom. The number of para-hydroxylation sites is 2. The number of halogens is 1. The standard InChI is InChI=1S/C26H36FN3O5S/c1-19(2)17-28-26(32)20(3)29(18-21-12-14-22(27)15-13-21)25(31)11-8-16-30(36(5,33)34)23-9-6-7-10-24(23)35-4/h6-7,9-10,12-15,19-20H,8,11,16-18H2,1-5H3,(H,28,32)/t20-/m0/s1. The van der Waals surface area contributed by atoms with Crippen molar-refractivity contribution in [2.45, 2.75) is 46.2 Å². The molecule has 0 radical (unpaired) electrons. The molecule has 2 rings (SSSR count). The molecule has 0 spiro atoms. The van der Waals surface area contributed by atoms with E-state index in [0.717, 1.165) is 6.26 Å². The summed E-state index contributed by atoms with van der Waals surface area (Å²) in [6.07, 6.45) is 1.34. The molecule has 0 saturated carbocycles. The van der Waals surface area contributed by atoms with E-state index in [1.165, 1.54) is 28.4 Å². The molecule has 0 aliphatic rings. The van der Waals surface area contributed by atoms with Gasteiger partial charge in [-0.25, -0.2) is 12.8 Å². The van der Waals surface area contributed by atoms with Gasteiger partial charge in [-0.05, 0) is 49.1 Å². The van der Waals surface area contributed by atoms with Gasteiger partial charge in [0.15, 0.2) is 0 Å². The van der Waals surface area contributed by atoms with Gasteiger partial charge in [0, 0.05) is 26.1 Å². The lowest BCUT2D eigenvalue weighted by atomic mass is 10.1. The van der Waals surface area contributed by atoms with Crippen molar-refractivity contribution in [1.29, 1.82) is 0 Å². The number of amides is 2. The summed E-state index contributed by atoms with van der Waals surface area (Å²) in [5.41, 5.74) is 1.07. The minimum Gasteiger partial charge on any atom is -0.495 e. The molecule has 198 valence electrons. The highest BCUT2D eigenvalue weighted by Crippen LogP contribution is 2.29. The molecule has 0 saturated heterocycles. The van der Waals surface area contributed by atoms with E-state index < -0.39 is 21.9 Å². The van der Waals surface area contributed by atoms with E-state index >= 15 is 0 Å². The first-order valence-electron chi connectivity index (χ1n) is 11.9. The second-order valence-corrected chi connectivity index (χ2v) is 11.0. The van der Waals surface area contributed by atoms with Gasteiger partial charge < -0.3 is 15.0 Å². The van der Waals surface area contributed by atoms with Crippen LogP contribution in [0, 0.1) is 11.7 Å². The number of sulfonamides is 1. The number of nitrogens with one attached hydrogen (secondary N) is 1. The van der Waals surface area contributed by atoms with Gasteiger partial charge in [0.05, 0.1) is 19.1 Å². The first-order chi connectivity index (χ1) is 16.9. The Morgan fingerprint density at radius 1 is 1.06 bits per heavy atom. The van der Waals surface area contributed by atoms with Crippen molar-refractivity contribution in [2.24, 2.45) is 5.92 Å². The molecule has 2 aromatic carbocycles. The molecule has 36 heavy (non-hydrogen) atoms. The second kappa shape index (κ2) is 13.2. The Kier molecular flexibility index (Phi) is 10.7. The molecule has 0 unspecified atom stereocenters. The first kappa shape index (κ1) is 29.1. The molecule has 8 nitrogen and oxygen atoms in total. The summed E-state index contributed by atoms with van der Waals surface area (Å²) < 4.78 is 44.9. The molecule has 2 amide bonds. The van der Waals surface area contributed by atoms with Crippen LogP contribution in [0.1, 0.15) is 39.2 Å². The topological polar surface area (TPSA) is 96.0 Å². The van der Waals surface area contributed by atoms with Crippen molar-refractivity contribution in [1.82, 2.24) is 10.2 Å². The molecule has 0 fully saturated rings. The van der Waals surface area contributed by atoms with Crippen LogP contribution in [0.2, 0.25) is 0 Å². The molecular weight excluding hydrogens is 485 g/mol. The molecule has 0 bridgehead atoms. The van der Waals surface area contributed by atoms with Crippen molar-refractivity contribution in [3.05, 3.63) is 59.9 Å². The van der Waals surface area contributed by atoms with E-state index in [-0.39, 0.29) is 43.7 Å².